The normalized spacial score (nSPS) is 11.6. The summed E-state index contributed by atoms with van der Waals surface area (Å²) in [6.07, 6.45) is 3.23. The molecule has 3 aromatic rings. The smallest absolute Gasteiger partial charge is 0.268 e. The summed E-state index contributed by atoms with van der Waals surface area (Å²) in [5, 5.41) is 0.787. The Morgan fingerprint density at radius 3 is 2.43 bits per heavy atom. The van der Waals surface area contributed by atoms with Gasteiger partial charge in [0, 0.05) is 17.1 Å². The van der Waals surface area contributed by atoms with Crippen molar-refractivity contribution in [1.82, 2.24) is 3.97 Å². The van der Waals surface area contributed by atoms with E-state index in [0.29, 0.717) is 11.3 Å². The Morgan fingerprint density at radius 1 is 1.13 bits per heavy atom. The van der Waals surface area contributed by atoms with Crippen LogP contribution in [0.4, 0.5) is 0 Å². The lowest BCUT2D eigenvalue weighted by atomic mass is 10.1. The summed E-state index contributed by atoms with van der Waals surface area (Å²) < 4.78 is 32.4. The molecule has 1 aromatic heterocycles. The summed E-state index contributed by atoms with van der Waals surface area (Å²) in [6, 6.07) is 12.1. The Hall–Kier alpha value is -2.53. The van der Waals surface area contributed by atoms with Crippen LogP contribution in [-0.2, 0) is 10.0 Å². The minimum absolute atomic E-state index is 0.256. The second-order valence-electron chi connectivity index (χ2n) is 5.29. The largest absolute Gasteiger partial charge is 0.497 e. The van der Waals surface area contributed by atoms with Crippen LogP contribution in [-0.4, -0.2) is 19.5 Å². The van der Waals surface area contributed by atoms with Crippen LogP contribution in [0.5, 0.6) is 5.75 Å². The van der Waals surface area contributed by atoms with Crippen LogP contribution in [0.3, 0.4) is 0 Å². The maximum absolute atomic E-state index is 12.9. The van der Waals surface area contributed by atoms with Crippen molar-refractivity contribution in [2.75, 3.05) is 7.11 Å². The van der Waals surface area contributed by atoms with Crippen molar-refractivity contribution < 1.29 is 13.2 Å². The van der Waals surface area contributed by atoms with Crippen molar-refractivity contribution in [3.63, 3.8) is 0 Å². The van der Waals surface area contributed by atoms with E-state index in [1.54, 1.807) is 55.8 Å². The van der Waals surface area contributed by atoms with Crippen molar-refractivity contribution >= 4 is 27.0 Å². The molecule has 23 heavy (non-hydrogen) atoms. The van der Waals surface area contributed by atoms with Gasteiger partial charge >= 0.3 is 0 Å². The van der Waals surface area contributed by atoms with E-state index >= 15 is 0 Å². The molecule has 0 amide bonds. The molecule has 3 rings (SSSR count). The van der Waals surface area contributed by atoms with Crippen LogP contribution in [0.2, 0.25) is 0 Å². The molecule has 0 saturated heterocycles. The van der Waals surface area contributed by atoms with Gasteiger partial charge in [-0.25, -0.2) is 12.4 Å². The van der Waals surface area contributed by atoms with Gasteiger partial charge < -0.3 is 4.74 Å². The van der Waals surface area contributed by atoms with E-state index < -0.39 is 10.0 Å². The summed E-state index contributed by atoms with van der Waals surface area (Å²) in [5.41, 5.74) is 2.36. The first-order chi connectivity index (χ1) is 11.0. The number of methoxy groups -OCH3 is 1. The van der Waals surface area contributed by atoms with Gasteiger partial charge in [0.15, 0.2) is 0 Å². The lowest BCUT2D eigenvalue weighted by Crippen LogP contribution is -2.11. The average molecular weight is 327 g/mol. The third-order valence-electron chi connectivity index (χ3n) is 3.81. The molecule has 0 unspecified atom stereocenters. The van der Waals surface area contributed by atoms with E-state index in [0.717, 1.165) is 16.5 Å². The predicted octanol–water partition coefficient (Wildman–Crippen LogP) is 3.84. The van der Waals surface area contributed by atoms with Crippen molar-refractivity contribution in [2.45, 2.75) is 11.8 Å². The van der Waals surface area contributed by atoms with Crippen LogP contribution in [0, 0.1) is 6.92 Å². The first kappa shape index (κ1) is 15.4. The van der Waals surface area contributed by atoms with Gasteiger partial charge in [-0.2, -0.15) is 0 Å². The Bertz CT molecular complexity index is 983. The zero-order chi connectivity index (χ0) is 16.6. The van der Waals surface area contributed by atoms with Crippen molar-refractivity contribution in [3.8, 4) is 5.75 Å². The van der Waals surface area contributed by atoms with Crippen molar-refractivity contribution in [2.24, 2.45) is 0 Å². The second kappa shape index (κ2) is 5.59. The summed E-state index contributed by atoms with van der Waals surface area (Å²) in [6.45, 7) is 5.69. The molecular formula is C18H17NO3S. The highest BCUT2D eigenvalue weighted by atomic mass is 32.2. The number of benzene rings is 2. The zero-order valence-electron chi connectivity index (χ0n) is 13.0. The number of rotatable bonds is 4. The summed E-state index contributed by atoms with van der Waals surface area (Å²) in [7, 11) is -2.08. The Balaban J connectivity index is 2.27. The molecule has 0 atom stereocenters. The van der Waals surface area contributed by atoms with Crippen LogP contribution in [0.1, 0.15) is 11.1 Å². The van der Waals surface area contributed by atoms with Gasteiger partial charge in [-0.05, 0) is 37.3 Å². The summed E-state index contributed by atoms with van der Waals surface area (Å²) >= 11 is 0. The fourth-order valence-electron chi connectivity index (χ4n) is 2.52. The monoisotopic (exact) mass is 327 g/mol. The molecule has 0 fully saturated rings. The number of aromatic nitrogens is 1. The molecule has 5 heteroatoms. The highest BCUT2D eigenvalue weighted by Crippen LogP contribution is 2.29. The van der Waals surface area contributed by atoms with E-state index in [4.69, 9.17) is 4.74 Å². The predicted molar refractivity (Wildman–Crippen MR) is 92.3 cm³/mol. The minimum atomic E-state index is -3.66. The molecule has 4 nitrogen and oxygen atoms in total. The molecule has 0 radical (unpaired) electrons. The van der Waals surface area contributed by atoms with Crippen LogP contribution in [0.15, 0.2) is 60.1 Å². The highest BCUT2D eigenvalue weighted by molar-refractivity contribution is 7.90. The minimum Gasteiger partial charge on any atom is -0.497 e. The first-order valence-corrected chi connectivity index (χ1v) is 8.55. The van der Waals surface area contributed by atoms with E-state index in [9.17, 15) is 8.42 Å². The van der Waals surface area contributed by atoms with Gasteiger partial charge in [0.25, 0.3) is 10.0 Å². The molecule has 0 N–H and O–H groups in total. The lowest BCUT2D eigenvalue weighted by Gasteiger charge is -2.08. The molecule has 0 saturated carbocycles. The molecule has 0 spiro atoms. The quantitative estimate of drug-likeness (QED) is 0.731. The highest BCUT2D eigenvalue weighted by Gasteiger charge is 2.20. The maximum Gasteiger partial charge on any atom is 0.268 e. The SMILES string of the molecule is C=Cc1cn(S(=O)(=O)c2ccc(C)cc2)c2ccc(OC)cc12. The standard InChI is InChI=1S/C18H17NO3S/c1-4-14-12-19(18-10-7-15(22-3)11-17(14)18)23(20,21)16-8-5-13(2)6-9-16/h4-12H,1H2,2-3H3. The summed E-state index contributed by atoms with van der Waals surface area (Å²) in [5.74, 6) is 0.672. The van der Waals surface area contributed by atoms with Crippen LogP contribution < -0.4 is 4.74 Å². The molecule has 1 heterocycles. The van der Waals surface area contributed by atoms with E-state index in [2.05, 4.69) is 6.58 Å². The zero-order valence-corrected chi connectivity index (χ0v) is 13.8. The Morgan fingerprint density at radius 2 is 1.83 bits per heavy atom. The van der Waals surface area contributed by atoms with Crippen molar-refractivity contribution in [3.05, 3.63) is 66.4 Å². The number of ether oxygens (including phenoxy) is 1. The van der Waals surface area contributed by atoms with Crippen LogP contribution >= 0.6 is 0 Å². The van der Waals surface area contributed by atoms with E-state index in [-0.39, 0.29) is 4.90 Å². The van der Waals surface area contributed by atoms with Gasteiger partial charge in [0.1, 0.15) is 5.75 Å². The first-order valence-electron chi connectivity index (χ1n) is 7.11. The fourth-order valence-corrected chi connectivity index (χ4v) is 3.89. The topological polar surface area (TPSA) is 48.3 Å². The number of fused-ring (bicyclic) bond motifs is 1. The summed E-state index contributed by atoms with van der Waals surface area (Å²) in [4.78, 5) is 0.256. The molecule has 2 aromatic carbocycles. The molecular weight excluding hydrogens is 310 g/mol. The molecule has 0 aliphatic heterocycles. The van der Waals surface area contributed by atoms with E-state index in [1.165, 1.54) is 3.97 Å². The fraction of sp³-hybridized carbons (Fsp3) is 0.111. The molecule has 0 aliphatic rings. The third-order valence-corrected chi connectivity index (χ3v) is 5.49. The molecule has 0 bridgehead atoms. The maximum atomic E-state index is 12.9. The molecule has 0 aliphatic carbocycles. The number of hydrogen-bond donors (Lipinski definition) is 0. The van der Waals surface area contributed by atoms with Crippen molar-refractivity contribution in [1.29, 1.82) is 0 Å². The molecule has 118 valence electrons. The van der Waals surface area contributed by atoms with Gasteiger partial charge in [-0.15, -0.1) is 0 Å². The van der Waals surface area contributed by atoms with Gasteiger partial charge in [0.05, 0.1) is 17.5 Å². The lowest BCUT2D eigenvalue weighted by molar-refractivity contribution is 0.415. The Kier molecular flexibility index (Phi) is 3.74. The van der Waals surface area contributed by atoms with E-state index in [1.807, 2.05) is 13.0 Å². The number of nitrogens with zero attached hydrogens (tertiary/aromatic N) is 1. The van der Waals surface area contributed by atoms with Gasteiger partial charge in [-0.3, -0.25) is 0 Å². The number of hydrogen-bond acceptors (Lipinski definition) is 3. The second-order valence-corrected chi connectivity index (χ2v) is 7.10. The van der Waals surface area contributed by atoms with Gasteiger partial charge in [0.2, 0.25) is 0 Å². The Labute approximate surface area is 135 Å². The van der Waals surface area contributed by atoms with Crippen LogP contribution in [0.25, 0.3) is 17.0 Å². The van der Waals surface area contributed by atoms with Gasteiger partial charge in [-0.1, -0.05) is 30.4 Å². The third kappa shape index (κ3) is 2.53. The average Bonchev–Trinajstić information content (AvgIpc) is 2.93. The number of aryl methyl sites for hydroxylation is 1.